The number of ether oxygens (including phenoxy) is 1. The standard InChI is InChI=1S/C14H21NO2/c1-15-10-13(16)12-8-4-5-9-14(12)17-11-6-2-3-7-11/h4-5,8-9,11,13,15-16H,2-3,6-7,10H2,1H3. The van der Waals surface area contributed by atoms with Crippen LogP contribution in [-0.2, 0) is 0 Å². The largest absolute Gasteiger partial charge is 0.490 e. The summed E-state index contributed by atoms with van der Waals surface area (Å²) < 4.78 is 5.99. The van der Waals surface area contributed by atoms with Crippen LogP contribution in [-0.4, -0.2) is 24.8 Å². The summed E-state index contributed by atoms with van der Waals surface area (Å²) in [5, 5.41) is 13.0. The Morgan fingerprint density at radius 3 is 2.76 bits per heavy atom. The van der Waals surface area contributed by atoms with E-state index >= 15 is 0 Å². The van der Waals surface area contributed by atoms with E-state index in [1.54, 1.807) is 0 Å². The van der Waals surface area contributed by atoms with Crippen molar-refractivity contribution < 1.29 is 9.84 Å². The maximum Gasteiger partial charge on any atom is 0.125 e. The molecule has 94 valence electrons. The number of para-hydroxylation sites is 1. The second-order valence-corrected chi connectivity index (χ2v) is 4.64. The van der Waals surface area contributed by atoms with Gasteiger partial charge in [-0.15, -0.1) is 0 Å². The molecule has 3 nitrogen and oxygen atoms in total. The molecule has 1 saturated carbocycles. The molecule has 1 aromatic rings. The van der Waals surface area contributed by atoms with Crippen molar-refractivity contribution in [3.8, 4) is 5.75 Å². The number of likely N-dealkylation sites (N-methyl/N-ethyl adjacent to an activating group) is 1. The van der Waals surface area contributed by atoms with Crippen LogP contribution in [0, 0.1) is 0 Å². The maximum atomic E-state index is 10.0. The van der Waals surface area contributed by atoms with E-state index in [9.17, 15) is 5.11 Å². The minimum Gasteiger partial charge on any atom is -0.490 e. The van der Waals surface area contributed by atoms with Crippen LogP contribution in [0.25, 0.3) is 0 Å². The zero-order valence-corrected chi connectivity index (χ0v) is 10.4. The molecule has 0 aliphatic heterocycles. The predicted octanol–water partition coefficient (Wildman–Crippen LogP) is 2.26. The van der Waals surface area contributed by atoms with Gasteiger partial charge in [0.25, 0.3) is 0 Å². The summed E-state index contributed by atoms with van der Waals surface area (Å²) in [7, 11) is 1.84. The average molecular weight is 235 g/mol. The Hall–Kier alpha value is -1.06. The number of nitrogens with one attached hydrogen (secondary N) is 1. The van der Waals surface area contributed by atoms with E-state index in [-0.39, 0.29) is 0 Å². The first-order valence-electron chi connectivity index (χ1n) is 6.39. The lowest BCUT2D eigenvalue weighted by molar-refractivity contribution is 0.160. The Balaban J connectivity index is 2.09. The molecule has 2 rings (SSSR count). The second-order valence-electron chi connectivity index (χ2n) is 4.64. The number of hydrogen-bond acceptors (Lipinski definition) is 3. The highest BCUT2D eigenvalue weighted by Crippen LogP contribution is 2.29. The Morgan fingerprint density at radius 2 is 2.06 bits per heavy atom. The van der Waals surface area contributed by atoms with Crippen LogP contribution < -0.4 is 10.1 Å². The third-order valence-corrected chi connectivity index (χ3v) is 3.27. The van der Waals surface area contributed by atoms with Gasteiger partial charge in [-0.05, 0) is 38.8 Å². The minimum atomic E-state index is -0.502. The number of rotatable bonds is 5. The van der Waals surface area contributed by atoms with Crippen LogP contribution in [0.1, 0.15) is 37.4 Å². The first kappa shape index (κ1) is 12.4. The number of benzene rings is 1. The number of aliphatic hydroxyl groups is 1. The van der Waals surface area contributed by atoms with Crippen molar-refractivity contribution in [2.75, 3.05) is 13.6 Å². The Labute approximate surface area is 103 Å². The van der Waals surface area contributed by atoms with Gasteiger partial charge in [-0.3, -0.25) is 0 Å². The molecule has 3 heteroatoms. The van der Waals surface area contributed by atoms with Gasteiger partial charge < -0.3 is 15.2 Å². The van der Waals surface area contributed by atoms with Crippen LogP contribution >= 0.6 is 0 Å². The van der Waals surface area contributed by atoms with E-state index < -0.39 is 6.10 Å². The highest BCUT2D eigenvalue weighted by Gasteiger charge is 2.19. The average Bonchev–Trinajstić information content (AvgIpc) is 2.83. The molecule has 1 unspecified atom stereocenters. The van der Waals surface area contributed by atoms with Crippen molar-refractivity contribution in [3.63, 3.8) is 0 Å². The molecule has 0 spiro atoms. The quantitative estimate of drug-likeness (QED) is 0.822. The van der Waals surface area contributed by atoms with Crippen LogP contribution in [0.15, 0.2) is 24.3 Å². The zero-order chi connectivity index (χ0) is 12.1. The molecule has 0 amide bonds. The van der Waals surface area contributed by atoms with Gasteiger partial charge in [0.15, 0.2) is 0 Å². The summed E-state index contributed by atoms with van der Waals surface area (Å²) in [5.41, 5.74) is 0.883. The highest BCUT2D eigenvalue weighted by atomic mass is 16.5. The smallest absolute Gasteiger partial charge is 0.125 e. The molecule has 17 heavy (non-hydrogen) atoms. The summed E-state index contributed by atoms with van der Waals surface area (Å²) in [6, 6.07) is 7.79. The van der Waals surface area contributed by atoms with Crippen molar-refractivity contribution in [2.24, 2.45) is 0 Å². The highest BCUT2D eigenvalue weighted by molar-refractivity contribution is 5.35. The molecular formula is C14H21NO2. The van der Waals surface area contributed by atoms with Gasteiger partial charge in [-0.2, -0.15) is 0 Å². The summed E-state index contributed by atoms with van der Waals surface area (Å²) in [5.74, 6) is 0.835. The van der Waals surface area contributed by atoms with Crippen molar-refractivity contribution in [1.82, 2.24) is 5.32 Å². The Morgan fingerprint density at radius 1 is 1.35 bits per heavy atom. The molecule has 0 aromatic heterocycles. The fraction of sp³-hybridized carbons (Fsp3) is 0.571. The minimum absolute atomic E-state index is 0.331. The zero-order valence-electron chi connectivity index (χ0n) is 10.4. The van der Waals surface area contributed by atoms with Gasteiger partial charge in [-0.25, -0.2) is 0 Å². The van der Waals surface area contributed by atoms with Gasteiger partial charge >= 0.3 is 0 Å². The molecular weight excluding hydrogens is 214 g/mol. The van der Waals surface area contributed by atoms with Crippen molar-refractivity contribution in [1.29, 1.82) is 0 Å². The van der Waals surface area contributed by atoms with Gasteiger partial charge in [0.1, 0.15) is 5.75 Å². The molecule has 2 N–H and O–H groups in total. The third-order valence-electron chi connectivity index (χ3n) is 3.27. The van der Waals surface area contributed by atoms with E-state index in [1.807, 2.05) is 31.3 Å². The molecule has 0 heterocycles. The maximum absolute atomic E-state index is 10.0. The molecule has 1 aliphatic carbocycles. The van der Waals surface area contributed by atoms with Crippen LogP contribution in [0.3, 0.4) is 0 Å². The van der Waals surface area contributed by atoms with Crippen molar-refractivity contribution in [3.05, 3.63) is 29.8 Å². The fourth-order valence-electron chi connectivity index (χ4n) is 2.35. The summed E-state index contributed by atoms with van der Waals surface area (Å²) in [4.78, 5) is 0. The van der Waals surface area contributed by atoms with Crippen molar-refractivity contribution in [2.45, 2.75) is 37.9 Å². The lowest BCUT2D eigenvalue weighted by atomic mass is 10.1. The van der Waals surface area contributed by atoms with E-state index in [2.05, 4.69) is 5.32 Å². The van der Waals surface area contributed by atoms with E-state index in [0.717, 1.165) is 24.2 Å². The van der Waals surface area contributed by atoms with Crippen LogP contribution in [0.4, 0.5) is 0 Å². The van der Waals surface area contributed by atoms with Gasteiger partial charge in [-0.1, -0.05) is 18.2 Å². The van der Waals surface area contributed by atoms with Gasteiger partial charge in [0, 0.05) is 12.1 Å². The van der Waals surface area contributed by atoms with E-state index in [1.165, 1.54) is 12.8 Å². The van der Waals surface area contributed by atoms with Gasteiger partial charge in [0.2, 0.25) is 0 Å². The molecule has 0 saturated heterocycles. The monoisotopic (exact) mass is 235 g/mol. The topological polar surface area (TPSA) is 41.5 Å². The molecule has 1 aliphatic rings. The normalized spacial score (nSPS) is 18.2. The van der Waals surface area contributed by atoms with E-state index in [0.29, 0.717) is 12.6 Å². The summed E-state index contributed by atoms with van der Waals surface area (Å²) in [6.07, 6.45) is 4.61. The van der Waals surface area contributed by atoms with Gasteiger partial charge in [0.05, 0.1) is 12.2 Å². The number of hydrogen-bond donors (Lipinski definition) is 2. The van der Waals surface area contributed by atoms with E-state index in [4.69, 9.17) is 4.74 Å². The molecule has 0 radical (unpaired) electrons. The molecule has 0 bridgehead atoms. The number of aliphatic hydroxyl groups excluding tert-OH is 1. The fourth-order valence-corrected chi connectivity index (χ4v) is 2.35. The third kappa shape index (κ3) is 3.20. The molecule has 1 aromatic carbocycles. The second kappa shape index (κ2) is 6.03. The predicted molar refractivity (Wildman–Crippen MR) is 68.2 cm³/mol. The molecule has 1 fully saturated rings. The first-order valence-corrected chi connectivity index (χ1v) is 6.39. The van der Waals surface area contributed by atoms with Crippen molar-refractivity contribution >= 4 is 0 Å². The Bertz CT molecular complexity index is 348. The lowest BCUT2D eigenvalue weighted by Gasteiger charge is -2.19. The first-order chi connectivity index (χ1) is 8.31. The summed E-state index contributed by atoms with van der Waals surface area (Å²) >= 11 is 0. The Kier molecular flexibility index (Phi) is 4.40. The molecule has 1 atom stereocenters. The SMILES string of the molecule is CNCC(O)c1ccccc1OC1CCCC1. The summed E-state index contributed by atoms with van der Waals surface area (Å²) in [6.45, 7) is 0.547. The lowest BCUT2D eigenvalue weighted by Crippen LogP contribution is -2.19. The van der Waals surface area contributed by atoms with Crippen LogP contribution in [0.2, 0.25) is 0 Å². The van der Waals surface area contributed by atoms with Crippen LogP contribution in [0.5, 0.6) is 5.75 Å².